The van der Waals surface area contributed by atoms with Crippen molar-refractivity contribution in [3.8, 4) is 11.3 Å². The zero-order valence-electron chi connectivity index (χ0n) is 14.8. The first-order valence-corrected chi connectivity index (χ1v) is 8.28. The van der Waals surface area contributed by atoms with Crippen molar-refractivity contribution >= 4 is 5.91 Å². The average molecular weight is 357 g/mol. The summed E-state index contributed by atoms with van der Waals surface area (Å²) in [6, 6.07) is 0. The van der Waals surface area contributed by atoms with E-state index in [-0.39, 0.29) is 17.1 Å². The van der Waals surface area contributed by atoms with E-state index < -0.39 is 5.76 Å². The van der Waals surface area contributed by atoms with Crippen LogP contribution in [0.25, 0.3) is 11.3 Å². The maximum atomic E-state index is 12.6. The van der Waals surface area contributed by atoms with Crippen molar-refractivity contribution < 1.29 is 9.21 Å². The van der Waals surface area contributed by atoms with Crippen molar-refractivity contribution in [2.75, 3.05) is 6.54 Å². The Morgan fingerprint density at radius 3 is 2.77 bits per heavy atom. The molecule has 136 valence electrons. The predicted octanol–water partition coefficient (Wildman–Crippen LogP) is 0.834. The molecular weight excluding hydrogens is 338 g/mol. The van der Waals surface area contributed by atoms with Gasteiger partial charge >= 0.3 is 5.76 Å². The molecule has 0 fully saturated rings. The molecule has 3 aromatic rings. The number of amides is 1. The lowest BCUT2D eigenvalue weighted by atomic mass is 10.1. The van der Waals surface area contributed by atoms with Crippen LogP contribution in [0.3, 0.4) is 0 Å². The number of nitrogens with one attached hydrogen (secondary N) is 1. The largest absolute Gasteiger partial charge is 0.416 e. The topological polar surface area (TPSA) is 115 Å². The van der Waals surface area contributed by atoms with Crippen LogP contribution in [0.5, 0.6) is 0 Å². The Hall–Kier alpha value is -3.17. The minimum Gasteiger partial charge on any atom is -0.416 e. The number of hydrogen-bond donors (Lipinski definition) is 1. The first-order chi connectivity index (χ1) is 12.3. The predicted molar refractivity (Wildman–Crippen MR) is 90.3 cm³/mol. The molecule has 10 heteroatoms. The molecule has 26 heavy (non-hydrogen) atoms. The fourth-order valence-corrected chi connectivity index (χ4v) is 2.90. The van der Waals surface area contributed by atoms with E-state index in [4.69, 9.17) is 0 Å². The SMILES string of the molecule is CC(C)(C)n1cc(-c2cnn3c2CN(C(=O)c2coc(=O)[nH]2)CC3)nn1. The molecule has 0 radical (unpaired) electrons. The van der Waals surface area contributed by atoms with Crippen molar-refractivity contribution in [2.45, 2.75) is 39.4 Å². The van der Waals surface area contributed by atoms with E-state index >= 15 is 0 Å². The van der Waals surface area contributed by atoms with Gasteiger partial charge < -0.3 is 9.32 Å². The minimum absolute atomic E-state index is 0.142. The van der Waals surface area contributed by atoms with Gasteiger partial charge in [-0.3, -0.25) is 14.5 Å². The maximum absolute atomic E-state index is 12.6. The number of fused-ring (bicyclic) bond motifs is 1. The number of aromatic amines is 1. The van der Waals surface area contributed by atoms with Gasteiger partial charge in [-0.2, -0.15) is 5.10 Å². The second-order valence-electron chi connectivity index (χ2n) is 7.24. The summed E-state index contributed by atoms with van der Waals surface area (Å²) in [6.45, 7) is 7.57. The van der Waals surface area contributed by atoms with Gasteiger partial charge in [0.15, 0.2) is 0 Å². The van der Waals surface area contributed by atoms with Crippen LogP contribution >= 0.6 is 0 Å². The van der Waals surface area contributed by atoms with E-state index in [1.54, 1.807) is 15.8 Å². The maximum Gasteiger partial charge on any atom is 0.416 e. The van der Waals surface area contributed by atoms with Gasteiger partial charge in [-0.25, -0.2) is 9.48 Å². The van der Waals surface area contributed by atoms with Gasteiger partial charge in [0.25, 0.3) is 5.91 Å². The highest BCUT2D eigenvalue weighted by atomic mass is 16.4. The number of carbonyl (C=O) groups is 1. The molecule has 1 N–H and O–H groups in total. The number of H-pyrrole nitrogens is 1. The molecule has 4 rings (SSSR count). The standard InChI is InChI=1S/C16H19N7O3/c1-16(2,3)23-7-11(19-20-23)10-6-17-22-5-4-21(8-13(10)22)14(24)12-9-26-15(25)18-12/h6-7,9H,4-5,8H2,1-3H3,(H,18,25). The summed E-state index contributed by atoms with van der Waals surface area (Å²) in [4.78, 5) is 27.7. The number of aromatic nitrogens is 6. The number of hydrogen-bond acceptors (Lipinski definition) is 6. The quantitative estimate of drug-likeness (QED) is 0.726. The van der Waals surface area contributed by atoms with E-state index in [2.05, 4.69) is 24.8 Å². The van der Waals surface area contributed by atoms with Gasteiger partial charge in [-0.15, -0.1) is 5.10 Å². The summed E-state index contributed by atoms with van der Waals surface area (Å²) in [5, 5.41) is 12.9. The fourth-order valence-electron chi connectivity index (χ4n) is 2.90. The molecule has 3 aromatic heterocycles. The van der Waals surface area contributed by atoms with Crippen LogP contribution in [0.1, 0.15) is 37.0 Å². The lowest BCUT2D eigenvalue weighted by molar-refractivity contribution is 0.0700. The Bertz CT molecular complexity index is 1020. The van der Waals surface area contributed by atoms with Gasteiger partial charge in [0.05, 0.1) is 36.7 Å². The minimum atomic E-state index is -0.644. The third-order valence-corrected chi connectivity index (χ3v) is 4.37. The van der Waals surface area contributed by atoms with Crippen molar-refractivity contribution in [1.29, 1.82) is 0 Å². The van der Waals surface area contributed by atoms with Gasteiger partial charge in [0, 0.05) is 12.1 Å². The summed E-state index contributed by atoms with van der Waals surface area (Å²) in [7, 11) is 0. The van der Waals surface area contributed by atoms with E-state index in [9.17, 15) is 9.59 Å². The van der Waals surface area contributed by atoms with E-state index in [0.29, 0.717) is 25.3 Å². The normalized spacial score (nSPS) is 14.5. The van der Waals surface area contributed by atoms with E-state index in [1.807, 2.05) is 31.6 Å². The Morgan fingerprint density at radius 2 is 2.12 bits per heavy atom. The zero-order chi connectivity index (χ0) is 18.5. The molecule has 1 aliphatic rings. The van der Waals surface area contributed by atoms with Crippen LogP contribution in [0.4, 0.5) is 0 Å². The number of rotatable bonds is 2. The van der Waals surface area contributed by atoms with Crippen molar-refractivity contribution in [2.24, 2.45) is 0 Å². The first-order valence-electron chi connectivity index (χ1n) is 8.28. The Balaban J connectivity index is 1.63. The van der Waals surface area contributed by atoms with Crippen molar-refractivity contribution in [3.63, 3.8) is 0 Å². The highest BCUT2D eigenvalue weighted by Crippen LogP contribution is 2.27. The second-order valence-corrected chi connectivity index (χ2v) is 7.24. The molecule has 10 nitrogen and oxygen atoms in total. The number of nitrogens with zero attached hydrogens (tertiary/aromatic N) is 6. The van der Waals surface area contributed by atoms with Gasteiger partial charge in [-0.05, 0) is 20.8 Å². The molecule has 0 unspecified atom stereocenters. The molecule has 1 amide bonds. The highest BCUT2D eigenvalue weighted by molar-refractivity contribution is 5.92. The van der Waals surface area contributed by atoms with Crippen LogP contribution in [0.15, 0.2) is 27.9 Å². The molecule has 0 saturated carbocycles. The molecule has 1 aliphatic heterocycles. The van der Waals surface area contributed by atoms with Crippen LogP contribution < -0.4 is 5.76 Å². The zero-order valence-corrected chi connectivity index (χ0v) is 14.8. The summed E-state index contributed by atoms with van der Waals surface area (Å²) >= 11 is 0. The molecule has 0 bridgehead atoms. The summed E-state index contributed by atoms with van der Waals surface area (Å²) in [5.74, 6) is -0.928. The molecule has 0 aromatic carbocycles. The van der Waals surface area contributed by atoms with Crippen LogP contribution in [-0.4, -0.2) is 47.1 Å². The molecule has 4 heterocycles. The average Bonchev–Trinajstić information content (AvgIpc) is 3.31. The Kier molecular flexibility index (Phi) is 3.56. The van der Waals surface area contributed by atoms with Gasteiger partial charge in [0.2, 0.25) is 0 Å². The first kappa shape index (κ1) is 16.3. The van der Waals surface area contributed by atoms with Crippen LogP contribution in [-0.2, 0) is 18.6 Å². The highest BCUT2D eigenvalue weighted by Gasteiger charge is 2.27. The van der Waals surface area contributed by atoms with Gasteiger partial charge in [-0.1, -0.05) is 5.21 Å². The number of carbonyl (C=O) groups excluding carboxylic acids is 1. The van der Waals surface area contributed by atoms with Crippen molar-refractivity contribution in [1.82, 2.24) is 34.7 Å². The van der Waals surface area contributed by atoms with Crippen LogP contribution in [0.2, 0.25) is 0 Å². The smallest absolute Gasteiger partial charge is 0.416 e. The monoisotopic (exact) mass is 357 g/mol. The van der Waals surface area contributed by atoms with Crippen molar-refractivity contribution in [3.05, 3.63) is 40.6 Å². The van der Waals surface area contributed by atoms with E-state index in [0.717, 1.165) is 17.5 Å². The molecule has 0 atom stereocenters. The Morgan fingerprint density at radius 1 is 1.31 bits per heavy atom. The molecule has 0 spiro atoms. The molecule has 0 aliphatic carbocycles. The van der Waals surface area contributed by atoms with Gasteiger partial charge in [0.1, 0.15) is 17.7 Å². The third-order valence-electron chi connectivity index (χ3n) is 4.37. The van der Waals surface area contributed by atoms with E-state index in [1.165, 1.54) is 0 Å². The van der Waals surface area contributed by atoms with Crippen LogP contribution in [0, 0.1) is 0 Å². The summed E-state index contributed by atoms with van der Waals surface area (Å²) < 4.78 is 8.33. The fraction of sp³-hybridized carbons (Fsp3) is 0.438. The molecular formula is C16H19N7O3. The third kappa shape index (κ3) is 2.72. The Labute approximate surface area is 148 Å². The second kappa shape index (κ2) is 5.68. The number of oxazole rings is 1. The summed E-state index contributed by atoms with van der Waals surface area (Å²) in [5.41, 5.74) is 2.42. The lowest BCUT2D eigenvalue weighted by Crippen LogP contribution is -2.38. The lowest BCUT2D eigenvalue weighted by Gasteiger charge is -2.27. The summed E-state index contributed by atoms with van der Waals surface area (Å²) in [6.07, 6.45) is 4.78. The molecule has 0 saturated heterocycles.